The predicted molar refractivity (Wildman–Crippen MR) is 94.4 cm³/mol. The van der Waals surface area contributed by atoms with Crippen LogP contribution in [-0.4, -0.2) is 58.3 Å². The van der Waals surface area contributed by atoms with Crippen molar-refractivity contribution in [3.8, 4) is 0 Å². The maximum atomic E-state index is 12.6. The molecule has 0 atom stereocenters. The molecule has 2 amide bonds. The number of anilines is 1. The lowest BCUT2D eigenvalue weighted by Crippen LogP contribution is -2.48. The average molecular weight is 360 g/mol. The molecule has 0 unspecified atom stereocenters. The van der Waals surface area contributed by atoms with Gasteiger partial charge in [0.25, 0.3) is 5.91 Å². The minimum absolute atomic E-state index is 0.159. The average Bonchev–Trinajstić information content (AvgIpc) is 2.67. The van der Waals surface area contributed by atoms with Crippen molar-refractivity contribution < 1.29 is 9.59 Å². The summed E-state index contributed by atoms with van der Waals surface area (Å²) in [5.41, 5.74) is 1.27. The number of nitrogens with zero attached hydrogens (tertiary/aromatic N) is 4. The number of hydrogen-bond donors (Lipinski definition) is 1. The monoisotopic (exact) mass is 359 g/mol. The summed E-state index contributed by atoms with van der Waals surface area (Å²) in [5.74, 6) is 0.401. The van der Waals surface area contributed by atoms with Crippen molar-refractivity contribution in [2.24, 2.45) is 0 Å². The van der Waals surface area contributed by atoms with Crippen LogP contribution in [0.5, 0.6) is 0 Å². The summed E-state index contributed by atoms with van der Waals surface area (Å²) in [4.78, 5) is 34.9. The molecular formula is C17H18ClN5O2. The van der Waals surface area contributed by atoms with Crippen LogP contribution in [0.3, 0.4) is 0 Å². The Hall–Kier alpha value is -2.67. The first kappa shape index (κ1) is 17.2. The zero-order chi connectivity index (χ0) is 17.6. The Bertz CT molecular complexity index is 762. The van der Waals surface area contributed by atoms with Gasteiger partial charge in [0.2, 0.25) is 6.41 Å². The lowest BCUT2D eigenvalue weighted by atomic mass is 10.2. The maximum Gasteiger partial charge on any atom is 0.272 e. The molecule has 0 saturated carbocycles. The second-order valence-electron chi connectivity index (χ2n) is 5.67. The van der Waals surface area contributed by atoms with Crippen LogP contribution in [0, 0.1) is 0 Å². The molecule has 0 spiro atoms. The van der Waals surface area contributed by atoms with Crippen LogP contribution >= 0.6 is 11.6 Å². The summed E-state index contributed by atoms with van der Waals surface area (Å²) in [5, 5.41) is 3.83. The Labute approximate surface area is 150 Å². The van der Waals surface area contributed by atoms with Crippen molar-refractivity contribution >= 4 is 29.7 Å². The highest BCUT2D eigenvalue weighted by atomic mass is 35.5. The fourth-order valence-corrected chi connectivity index (χ4v) is 2.79. The Kier molecular flexibility index (Phi) is 5.45. The molecule has 25 heavy (non-hydrogen) atoms. The topological polar surface area (TPSA) is 78.4 Å². The summed E-state index contributed by atoms with van der Waals surface area (Å²) in [6.45, 7) is 2.59. The smallest absolute Gasteiger partial charge is 0.272 e. The fourth-order valence-electron chi connectivity index (χ4n) is 2.59. The Morgan fingerprint density at radius 3 is 2.68 bits per heavy atom. The van der Waals surface area contributed by atoms with Crippen molar-refractivity contribution in [2.75, 3.05) is 31.5 Å². The first-order valence-electron chi connectivity index (χ1n) is 7.95. The molecule has 0 radical (unpaired) electrons. The van der Waals surface area contributed by atoms with Gasteiger partial charge in [-0.15, -0.1) is 0 Å². The van der Waals surface area contributed by atoms with Crippen LogP contribution in [0.4, 0.5) is 5.82 Å². The summed E-state index contributed by atoms with van der Waals surface area (Å²) < 4.78 is 0. The SMILES string of the molecule is O=CN1CCN(C(=O)c2cc(NCc3ccccc3Cl)ncn2)CC1. The molecule has 1 saturated heterocycles. The predicted octanol–water partition coefficient (Wildman–Crippen LogP) is 1.66. The van der Waals surface area contributed by atoms with E-state index < -0.39 is 0 Å². The summed E-state index contributed by atoms with van der Waals surface area (Å²) in [6, 6.07) is 9.17. The van der Waals surface area contributed by atoms with Crippen molar-refractivity contribution in [2.45, 2.75) is 6.54 Å². The van der Waals surface area contributed by atoms with Crippen LogP contribution < -0.4 is 5.32 Å². The highest BCUT2D eigenvalue weighted by molar-refractivity contribution is 6.31. The van der Waals surface area contributed by atoms with Gasteiger partial charge < -0.3 is 15.1 Å². The largest absolute Gasteiger partial charge is 0.366 e. The summed E-state index contributed by atoms with van der Waals surface area (Å²) in [7, 11) is 0. The highest BCUT2D eigenvalue weighted by Gasteiger charge is 2.22. The minimum Gasteiger partial charge on any atom is -0.366 e. The Morgan fingerprint density at radius 2 is 1.96 bits per heavy atom. The van der Waals surface area contributed by atoms with E-state index in [0.29, 0.717) is 49.3 Å². The maximum absolute atomic E-state index is 12.6. The highest BCUT2D eigenvalue weighted by Crippen LogP contribution is 2.16. The number of hydrogen-bond acceptors (Lipinski definition) is 5. The van der Waals surface area contributed by atoms with Crippen molar-refractivity contribution in [1.82, 2.24) is 19.8 Å². The van der Waals surface area contributed by atoms with Gasteiger partial charge >= 0.3 is 0 Å². The molecule has 7 nitrogen and oxygen atoms in total. The third-order valence-corrected chi connectivity index (χ3v) is 4.42. The van der Waals surface area contributed by atoms with E-state index in [4.69, 9.17) is 11.6 Å². The van der Waals surface area contributed by atoms with Gasteiger partial charge in [-0.2, -0.15) is 0 Å². The lowest BCUT2D eigenvalue weighted by Gasteiger charge is -2.32. The summed E-state index contributed by atoms with van der Waals surface area (Å²) >= 11 is 6.14. The van der Waals surface area contributed by atoms with Gasteiger partial charge in [0.15, 0.2) is 0 Å². The molecule has 1 aliphatic heterocycles. The molecule has 1 aromatic carbocycles. The number of amides is 2. The third-order valence-electron chi connectivity index (χ3n) is 4.05. The molecule has 0 bridgehead atoms. The zero-order valence-electron chi connectivity index (χ0n) is 13.6. The first-order chi connectivity index (χ1) is 12.2. The molecule has 3 rings (SSSR count). The van der Waals surface area contributed by atoms with Crippen LogP contribution in [0.25, 0.3) is 0 Å². The minimum atomic E-state index is -0.159. The van der Waals surface area contributed by atoms with Gasteiger partial charge in [0.05, 0.1) is 0 Å². The number of benzene rings is 1. The summed E-state index contributed by atoms with van der Waals surface area (Å²) in [6.07, 6.45) is 2.17. The van der Waals surface area contributed by atoms with E-state index in [0.717, 1.165) is 12.0 Å². The van der Waals surface area contributed by atoms with E-state index >= 15 is 0 Å². The van der Waals surface area contributed by atoms with Gasteiger partial charge in [-0.25, -0.2) is 9.97 Å². The van der Waals surface area contributed by atoms with E-state index in [2.05, 4.69) is 15.3 Å². The van der Waals surface area contributed by atoms with Crippen LogP contribution in [-0.2, 0) is 11.3 Å². The van der Waals surface area contributed by atoms with E-state index in [1.165, 1.54) is 6.33 Å². The molecule has 1 aromatic heterocycles. The van der Waals surface area contributed by atoms with Gasteiger partial charge in [-0.05, 0) is 11.6 Å². The quantitative estimate of drug-likeness (QED) is 0.821. The Morgan fingerprint density at radius 1 is 1.20 bits per heavy atom. The van der Waals surface area contributed by atoms with Crippen molar-refractivity contribution in [3.63, 3.8) is 0 Å². The van der Waals surface area contributed by atoms with Crippen molar-refractivity contribution in [1.29, 1.82) is 0 Å². The normalized spacial score (nSPS) is 14.3. The van der Waals surface area contributed by atoms with Crippen molar-refractivity contribution in [3.05, 3.63) is 52.9 Å². The molecule has 1 fully saturated rings. The number of carbonyl (C=O) groups excluding carboxylic acids is 2. The molecule has 130 valence electrons. The van der Waals surface area contributed by atoms with Gasteiger partial charge in [-0.1, -0.05) is 29.8 Å². The molecule has 0 aliphatic carbocycles. The number of rotatable bonds is 5. The lowest BCUT2D eigenvalue weighted by molar-refractivity contribution is -0.119. The molecular weight excluding hydrogens is 342 g/mol. The van der Waals surface area contributed by atoms with E-state index in [-0.39, 0.29) is 5.91 Å². The number of aromatic nitrogens is 2. The molecule has 2 heterocycles. The molecule has 2 aromatic rings. The number of nitrogens with one attached hydrogen (secondary N) is 1. The van der Waals surface area contributed by atoms with Crippen LogP contribution in [0.2, 0.25) is 5.02 Å². The Balaban J connectivity index is 1.64. The van der Waals surface area contributed by atoms with Crippen LogP contribution in [0.1, 0.15) is 16.1 Å². The zero-order valence-corrected chi connectivity index (χ0v) is 14.3. The molecule has 8 heteroatoms. The van der Waals surface area contributed by atoms with E-state index in [9.17, 15) is 9.59 Å². The fraction of sp³-hybridized carbons (Fsp3) is 0.294. The van der Waals surface area contributed by atoms with Gasteiger partial charge in [0.1, 0.15) is 17.8 Å². The first-order valence-corrected chi connectivity index (χ1v) is 8.33. The number of halogens is 1. The van der Waals surface area contributed by atoms with Gasteiger partial charge in [-0.3, -0.25) is 9.59 Å². The van der Waals surface area contributed by atoms with Crippen LogP contribution in [0.15, 0.2) is 36.7 Å². The third kappa shape index (κ3) is 4.24. The van der Waals surface area contributed by atoms with Gasteiger partial charge in [0, 0.05) is 43.8 Å². The van der Waals surface area contributed by atoms with E-state index in [1.54, 1.807) is 15.9 Å². The number of carbonyl (C=O) groups is 2. The van der Waals surface area contributed by atoms with E-state index in [1.807, 2.05) is 24.3 Å². The molecule has 1 aliphatic rings. The standard InChI is InChI=1S/C17H18ClN5O2/c18-14-4-2-1-3-13(14)10-19-16-9-15(20-11-21-16)17(25)23-7-5-22(12-24)6-8-23/h1-4,9,11-12H,5-8,10H2,(H,19,20,21). The molecule has 1 N–H and O–H groups in total. The second kappa shape index (κ2) is 7.94. The number of piperazine rings is 1. The second-order valence-corrected chi connectivity index (χ2v) is 6.07.